The first kappa shape index (κ1) is 34.7. The van der Waals surface area contributed by atoms with E-state index < -0.39 is 10.8 Å². The van der Waals surface area contributed by atoms with Gasteiger partial charge in [0.15, 0.2) is 5.43 Å². The Balaban J connectivity index is 1.34. The van der Waals surface area contributed by atoms with Gasteiger partial charge in [0, 0.05) is 36.6 Å². The average Bonchev–Trinajstić information content (AvgIpc) is 3.66. The molecule has 0 bridgehead atoms. The fourth-order valence-electron chi connectivity index (χ4n) is 10.6. The van der Waals surface area contributed by atoms with E-state index in [1.807, 2.05) is 18.2 Å². The third-order valence-corrected chi connectivity index (χ3v) is 14.1. The minimum absolute atomic E-state index is 0.0645. The van der Waals surface area contributed by atoms with Gasteiger partial charge in [-0.05, 0) is 93.0 Å². The molecule has 0 radical (unpaired) electrons. The lowest BCUT2D eigenvalue weighted by atomic mass is 9.50. The van der Waals surface area contributed by atoms with Crippen molar-refractivity contribution in [2.75, 3.05) is 0 Å². The number of hydrogen-bond donors (Lipinski definition) is 0. The van der Waals surface area contributed by atoms with Crippen LogP contribution < -0.4 is 5.43 Å². The third-order valence-electron chi connectivity index (χ3n) is 13.0. The number of hydrogen-bond acceptors (Lipinski definition) is 2. The fourth-order valence-corrected chi connectivity index (χ4v) is 11.7. The molecule has 0 aliphatic heterocycles. The number of nitrogens with zero attached hydrogens (tertiary/aromatic N) is 1. The topological polar surface area (TPSA) is 22.0 Å². The van der Waals surface area contributed by atoms with Crippen LogP contribution in [-0.4, -0.2) is 4.57 Å². The highest BCUT2D eigenvalue weighted by atomic mass is 32.1. The Labute approximate surface area is 351 Å². The molecule has 9 aromatic carbocycles. The molecule has 0 spiro atoms. The third kappa shape index (κ3) is 4.72. The van der Waals surface area contributed by atoms with Crippen molar-refractivity contribution in [2.45, 2.75) is 10.8 Å². The molecule has 0 saturated carbocycles. The minimum Gasteiger partial charge on any atom is -0.309 e. The first-order chi connectivity index (χ1) is 29.7. The first-order valence-electron chi connectivity index (χ1n) is 20.6. The summed E-state index contributed by atoms with van der Waals surface area (Å²) in [6.07, 6.45) is 0. The Hall–Kier alpha value is -7.33. The maximum Gasteiger partial charge on any atom is 0.195 e. The largest absolute Gasteiger partial charge is 0.309 e. The van der Waals surface area contributed by atoms with Crippen molar-refractivity contribution in [3.05, 3.63) is 279 Å². The van der Waals surface area contributed by atoms with E-state index >= 15 is 0 Å². The highest BCUT2D eigenvalue weighted by molar-refractivity contribution is 7.24. The molecule has 0 N–H and O–H groups in total. The monoisotopic (exact) mass is 783 g/mol. The Morgan fingerprint density at radius 1 is 0.333 bits per heavy atom. The zero-order valence-electron chi connectivity index (χ0n) is 32.6. The number of aromatic nitrogens is 1. The summed E-state index contributed by atoms with van der Waals surface area (Å²) in [4.78, 5) is 14.8. The highest BCUT2D eigenvalue weighted by Gasteiger charge is 2.54. The van der Waals surface area contributed by atoms with Crippen LogP contribution in [0.5, 0.6) is 0 Å². The predicted octanol–water partition coefficient (Wildman–Crippen LogP) is 13.6. The summed E-state index contributed by atoms with van der Waals surface area (Å²) in [5.74, 6) is 0. The van der Waals surface area contributed by atoms with Crippen LogP contribution in [0.25, 0.3) is 47.7 Å². The van der Waals surface area contributed by atoms with E-state index in [1.165, 1.54) is 44.1 Å². The van der Waals surface area contributed by atoms with Crippen molar-refractivity contribution in [2.24, 2.45) is 0 Å². The van der Waals surface area contributed by atoms with E-state index in [-0.39, 0.29) is 5.43 Å². The molecular weight excluding hydrogens is 747 g/mol. The molecule has 2 aromatic heterocycles. The fraction of sp³-hybridized carbons (Fsp3) is 0.0351. The van der Waals surface area contributed by atoms with Crippen LogP contribution >= 0.6 is 11.3 Å². The van der Waals surface area contributed by atoms with Crippen LogP contribution in [0.1, 0.15) is 44.5 Å². The lowest BCUT2D eigenvalue weighted by Crippen LogP contribution is -2.45. The molecule has 11 aromatic rings. The lowest BCUT2D eigenvalue weighted by Gasteiger charge is -2.51. The summed E-state index contributed by atoms with van der Waals surface area (Å²) in [6, 6.07) is 81.3. The smallest absolute Gasteiger partial charge is 0.195 e. The quantitative estimate of drug-likeness (QED) is 0.159. The zero-order chi connectivity index (χ0) is 39.8. The maximum atomic E-state index is 14.8. The van der Waals surface area contributed by atoms with Gasteiger partial charge >= 0.3 is 0 Å². The SMILES string of the molecule is O=c1c2ccccc2sc2cc3c(cc12)C(c1ccccc1)(c1ccccc1)c1ccc(-n2c4ccccc4c4ccccc42)cc1C3(c1ccccc1)c1ccccc1. The van der Waals surface area contributed by atoms with Crippen molar-refractivity contribution < 1.29 is 0 Å². The van der Waals surface area contributed by atoms with Gasteiger partial charge in [-0.3, -0.25) is 4.79 Å². The summed E-state index contributed by atoms with van der Waals surface area (Å²) >= 11 is 1.70. The summed E-state index contributed by atoms with van der Waals surface area (Å²) in [5.41, 5.74) is 11.2. The second-order valence-electron chi connectivity index (χ2n) is 15.9. The summed E-state index contributed by atoms with van der Waals surface area (Å²) in [6.45, 7) is 0. The van der Waals surface area contributed by atoms with Gasteiger partial charge in [0.25, 0.3) is 0 Å². The molecule has 2 nitrogen and oxygen atoms in total. The maximum absolute atomic E-state index is 14.8. The van der Waals surface area contributed by atoms with Gasteiger partial charge in [0.1, 0.15) is 0 Å². The number of rotatable bonds is 5. The predicted molar refractivity (Wildman–Crippen MR) is 250 cm³/mol. The molecule has 12 rings (SSSR count). The van der Waals surface area contributed by atoms with Gasteiger partial charge in [-0.25, -0.2) is 0 Å². The summed E-state index contributed by atoms with van der Waals surface area (Å²) in [5, 5.41) is 3.95. The van der Waals surface area contributed by atoms with Crippen molar-refractivity contribution >= 4 is 53.3 Å². The van der Waals surface area contributed by atoms with E-state index in [2.05, 4.69) is 211 Å². The van der Waals surface area contributed by atoms with Crippen LogP contribution in [0.3, 0.4) is 0 Å². The summed E-state index contributed by atoms with van der Waals surface area (Å²) in [7, 11) is 0. The van der Waals surface area contributed by atoms with Crippen LogP contribution in [-0.2, 0) is 10.8 Å². The van der Waals surface area contributed by atoms with Gasteiger partial charge < -0.3 is 4.57 Å². The van der Waals surface area contributed by atoms with Crippen molar-refractivity contribution in [3.8, 4) is 5.69 Å². The van der Waals surface area contributed by atoms with E-state index in [1.54, 1.807) is 11.3 Å². The van der Waals surface area contributed by atoms with E-state index in [4.69, 9.17) is 0 Å². The number of benzene rings is 9. The second-order valence-corrected chi connectivity index (χ2v) is 17.0. The minimum atomic E-state index is -0.795. The van der Waals surface area contributed by atoms with Gasteiger partial charge in [-0.1, -0.05) is 176 Å². The molecule has 1 aliphatic rings. The molecular formula is C57H37NOS. The molecule has 2 heterocycles. The second kappa shape index (κ2) is 13.4. The molecule has 0 atom stereocenters. The molecule has 0 amide bonds. The summed E-state index contributed by atoms with van der Waals surface area (Å²) < 4.78 is 4.40. The van der Waals surface area contributed by atoms with Gasteiger partial charge in [-0.2, -0.15) is 0 Å². The van der Waals surface area contributed by atoms with Crippen LogP contribution in [0.4, 0.5) is 0 Å². The van der Waals surface area contributed by atoms with Crippen molar-refractivity contribution in [3.63, 3.8) is 0 Å². The van der Waals surface area contributed by atoms with Gasteiger partial charge in [0.2, 0.25) is 0 Å². The molecule has 60 heavy (non-hydrogen) atoms. The normalized spacial score (nSPS) is 14.0. The number of para-hydroxylation sites is 2. The van der Waals surface area contributed by atoms with Crippen LogP contribution in [0, 0.1) is 0 Å². The highest BCUT2D eigenvalue weighted by Crippen LogP contribution is 2.61. The number of fused-ring (bicyclic) bond motifs is 7. The Morgan fingerprint density at radius 3 is 1.28 bits per heavy atom. The van der Waals surface area contributed by atoms with Crippen LogP contribution in [0.2, 0.25) is 0 Å². The van der Waals surface area contributed by atoms with E-state index in [9.17, 15) is 4.79 Å². The Bertz CT molecular complexity index is 3360. The average molecular weight is 784 g/mol. The Kier molecular flexibility index (Phi) is 7.72. The van der Waals surface area contributed by atoms with E-state index in [0.717, 1.165) is 48.1 Å². The van der Waals surface area contributed by atoms with Gasteiger partial charge in [-0.15, -0.1) is 11.3 Å². The van der Waals surface area contributed by atoms with Crippen molar-refractivity contribution in [1.29, 1.82) is 0 Å². The lowest BCUT2D eigenvalue weighted by molar-refractivity contribution is 0.616. The van der Waals surface area contributed by atoms with Crippen molar-refractivity contribution in [1.82, 2.24) is 4.57 Å². The standard InChI is InChI=1S/C57H37NOS/c59-55-45-29-15-18-32-53(45)60-54-37-50-49(36-46(54)55)56(38-19-5-1-6-20-38,39-21-7-2-8-22-39)47-34-33-42(58-51-30-16-13-27-43(51)44-28-14-17-31-52(44)58)35-48(47)57(50,40-23-9-3-10-24-40)41-25-11-4-12-26-41/h1-37H. The zero-order valence-corrected chi connectivity index (χ0v) is 33.4. The molecule has 3 heteroatoms. The molecule has 0 saturated heterocycles. The molecule has 0 fully saturated rings. The molecule has 0 unspecified atom stereocenters. The molecule has 1 aliphatic carbocycles. The molecule has 282 valence electrons. The first-order valence-corrected chi connectivity index (χ1v) is 21.4. The van der Waals surface area contributed by atoms with E-state index in [0.29, 0.717) is 0 Å². The van der Waals surface area contributed by atoms with Gasteiger partial charge in [0.05, 0.1) is 21.9 Å². The van der Waals surface area contributed by atoms with Crippen LogP contribution in [0.15, 0.2) is 229 Å². The Morgan fingerprint density at radius 2 is 0.750 bits per heavy atom.